The molecule has 0 saturated carbocycles. The highest BCUT2D eigenvalue weighted by atomic mass is 32.2. The molecule has 1 unspecified atom stereocenters. The molecule has 0 aliphatic carbocycles. The Morgan fingerprint density at radius 2 is 1.75 bits per heavy atom. The van der Waals surface area contributed by atoms with Crippen molar-refractivity contribution in [2.75, 3.05) is 23.4 Å². The molecule has 0 radical (unpaired) electrons. The van der Waals surface area contributed by atoms with Crippen molar-refractivity contribution in [3.8, 4) is 0 Å². The van der Waals surface area contributed by atoms with Gasteiger partial charge in [-0.2, -0.15) is 0 Å². The number of nitrogens with one attached hydrogen (secondary N) is 1. The summed E-state index contributed by atoms with van der Waals surface area (Å²) in [6.07, 6.45) is 0.729. The molecule has 8 nitrogen and oxygen atoms in total. The fraction of sp³-hybridized carbons (Fsp3) is 0.269. The Kier molecular flexibility index (Phi) is 7.56. The van der Waals surface area contributed by atoms with Crippen molar-refractivity contribution in [1.82, 2.24) is 4.90 Å². The number of carbonyl (C=O) groups excluding carboxylic acids is 4. The molecular formula is C26H25N3O5S2. The van der Waals surface area contributed by atoms with Crippen molar-refractivity contribution in [3.63, 3.8) is 0 Å². The van der Waals surface area contributed by atoms with E-state index in [0.29, 0.717) is 26.8 Å². The lowest BCUT2D eigenvalue weighted by molar-refractivity contribution is -0.123. The second-order valence-electron chi connectivity index (χ2n) is 8.26. The minimum atomic E-state index is -0.444. The van der Waals surface area contributed by atoms with Gasteiger partial charge in [-0.3, -0.25) is 24.2 Å². The van der Waals surface area contributed by atoms with E-state index in [0.717, 1.165) is 18.2 Å². The number of rotatable bonds is 7. The van der Waals surface area contributed by atoms with Crippen LogP contribution in [-0.4, -0.2) is 52.1 Å². The lowest BCUT2D eigenvalue weighted by Gasteiger charge is -2.21. The molecule has 0 aromatic heterocycles. The third-order valence-corrected chi connectivity index (χ3v) is 7.36. The summed E-state index contributed by atoms with van der Waals surface area (Å²) in [5, 5.41) is 2.75. The molecule has 3 amide bonds. The molecule has 2 aromatic carbocycles. The van der Waals surface area contributed by atoms with Gasteiger partial charge in [0.25, 0.3) is 11.8 Å². The zero-order valence-electron chi connectivity index (χ0n) is 20.1. The number of thioether (sulfide) groups is 1. The number of hydrogen-bond acceptors (Lipinski definition) is 7. The molecule has 1 N–H and O–H groups in total. The van der Waals surface area contributed by atoms with Crippen LogP contribution in [0, 0.1) is 0 Å². The van der Waals surface area contributed by atoms with Crippen LogP contribution in [0.15, 0.2) is 53.4 Å². The maximum absolute atomic E-state index is 13.5. The van der Waals surface area contributed by atoms with Crippen LogP contribution in [0.1, 0.15) is 43.1 Å². The van der Waals surface area contributed by atoms with E-state index < -0.39 is 17.8 Å². The number of amides is 3. The maximum Gasteiger partial charge on any atom is 0.338 e. The summed E-state index contributed by atoms with van der Waals surface area (Å²) in [4.78, 5) is 54.6. The Balaban J connectivity index is 1.56. The van der Waals surface area contributed by atoms with Crippen LogP contribution in [0.4, 0.5) is 11.4 Å². The minimum Gasteiger partial charge on any atom is -0.462 e. The van der Waals surface area contributed by atoms with Gasteiger partial charge >= 0.3 is 5.97 Å². The van der Waals surface area contributed by atoms with Gasteiger partial charge in [-0.25, -0.2) is 4.79 Å². The minimum absolute atomic E-state index is 0.0838. The Morgan fingerprint density at radius 1 is 1.06 bits per heavy atom. The van der Waals surface area contributed by atoms with Crippen LogP contribution in [0.5, 0.6) is 0 Å². The molecule has 1 saturated heterocycles. The molecule has 36 heavy (non-hydrogen) atoms. The third-order valence-electron chi connectivity index (χ3n) is 5.96. The summed E-state index contributed by atoms with van der Waals surface area (Å²) < 4.78 is 5.38. The molecule has 4 rings (SSSR count). The second kappa shape index (κ2) is 10.6. The number of ether oxygens (including phenoxy) is 1. The molecule has 1 fully saturated rings. The van der Waals surface area contributed by atoms with E-state index in [-0.39, 0.29) is 35.6 Å². The highest BCUT2D eigenvalue weighted by Crippen LogP contribution is 2.45. The van der Waals surface area contributed by atoms with Gasteiger partial charge in [0, 0.05) is 17.3 Å². The highest BCUT2D eigenvalue weighted by Gasteiger charge is 2.43. The standard InChI is InChI=1S/C26H25N3O5S2/c1-4-15(3)29-24(32)22(36-26(29)35)21-18-8-6-7-9-19(18)28(23(21)31)14-20(30)27-17-12-10-16(11-13-17)25(33)34-5-2/h6-13,15H,4-5,14H2,1-3H3,(H,27,30)/b22-21-. The molecule has 2 aromatic rings. The molecule has 1 atom stereocenters. The first-order chi connectivity index (χ1) is 17.3. The van der Waals surface area contributed by atoms with Gasteiger partial charge in [0.15, 0.2) is 0 Å². The summed E-state index contributed by atoms with van der Waals surface area (Å²) in [6.45, 7) is 5.63. The number of thiocarbonyl (C=S) groups is 1. The maximum atomic E-state index is 13.5. The fourth-order valence-electron chi connectivity index (χ4n) is 4.00. The second-order valence-corrected chi connectivity index (χ2v) is 9.90. The Bertz CT molecular complexity index is 1290. The fourth-order valence-corrected chi connectivity index (χ4v) is 5.53. The smallest absolute Gasteiger partial charge is 0.338 e. The van der Waals surface area contributed by atoms with Crippen molar-refractivity contribution < 1.29 is 23.9 Å². The average molecular weight is 524 g/mol. The van der Waals surface area contributed by atoms with Crippen LogP contribution in [-0.2, 0) is 19.1 Å². The number of para-hydroxylation sites is 1. The highest BCUT2D eigenvalue weighted by molar-refractivity contribution is 8.26. The van der Waals surface area contributed by atoms with Crippen molar-refractivity contribution >= 4 is 68.9 Å². The first-order valence-corrected chi connectivity index (χ1v) is 12.8. The third kappa shape index (κ3) is 4.78. The molecule has 186 valence electrons. The van der Waals surface area contributed by atoms with E-state index >= 15 is 0 Å². The van der Waals surface area contributed by atoms with Gasteiger partial charge in [0.2, 0.25) is 5.91 Å². The zero-order chi connectivity index (χ0) is 26.0. The van der Waals surface area contributed by atoms with Crippen LogP contribution in [0.3, 0.4) is 0 Å². The van der Waals surface area contributed by atoms with Crippen LogP contribution < -0.4 is 10.2 Å². The van der Waals surface area contributed by atoms with Crippen molar-refractivity contribution in [1.29, 1.82) is 0 Å². The number of anilines is 2. The molecule has 2 aliphatic rings. The molecular weight excluding hydrogens is 498 g/mol. The van der Waals surface area contributed by atoms with Gasteiger partial charge < -0.3 is 10.1 Å². The normalized spacial score (nSPS) is 17.9. The van der Waals surface area contributed by atoms with Gasteiger partial charge in [-0.05, 0) is 50.6 Å². The summed E-state index contributed by atoms with van der Waals surface area (Å²) in [5.74, 6) is -1.57. The van der Waals surface area contributed by atoms with Crippen LogP contribution in [0.2, 0.25) is 0 Å². The average Bonchev–Trinajstić information content (AvgIpc) is 3.31. The van der Waals surface area contributed by atoms with Crippen LogP contribution in [0.25, 0.3) is 5.57 Å². The van der Waals surface area contributed by atoms with E-state index in [1.165, 1.54) is 4.90 Å². The summed E-state index contributed by atoms with van der Waals surface area (Å²) in [6, 6.07) is 13.3. The molecule has 0 spiro atoms. The predicted molar refractivity (Wildman–Crippen MR) is 144 cm³/mol. The van der Waals surface area contributed by atoms with Crippen molar-refractivity contribution in [2.45, 2.75) is 33.2 Å². The zero-order valence-corrected chi connectivity index (χ0v) is 21.7. The van der Waals surface area contributed by atoms with Gasteiger partial charge in [0.05, 0.1) is 28.3 Å². The Morgan fingerprint density at radius 3 is 2.42 bits per heavy atom. The quantitative estimate of drug-likeness (QED) is 0.330. The van der Waals surface area contributed by atoms with E-state index in [4.69, 9.17) is 17.0 Å². The molecule has 2 heterocycles. The van der Waals surface area contributed by atoms with Gasteiger partial charge in [0.1, 0.15) is 10.9 Å². The van der Waals surface area contributed by atoms with E-state index in [2.05, 4.69) is 5.32 Å². The number of carbonyl (C=O) groups is 4. The topological polar surface area (TPSA) is 96.0 Å². The van der Waals surface area contributed by atoms with E-state index in [1.807, 2.05) is 13.8 Å². The van der Waals surface area contributed by atoms with E-state index in [9.17, 15) is 19.2 Å². The first kappa shape index (κ1) is 25.6. The van der Waals surface area contributed by atoms with Gasteiger partial charge in [-0.1, -0.05) is 49.1 Å². The Hall–Kier alpha value is -3.50. The van der Waals surface area contributed by atoms with Crippen molar-refractivity contribution in [3.05, 3.63) is 64.6 Å². The monoisotopic (exact) mass is 523 g/mol. The van der Waals surface area contributed by atoms with Gasteiger partial charge in [-0.15, -0.1) is 0 Å². The number of hydrogen-bond donors (Lipinski definition) is 1. The summed E-state index contributed by atoms with van der Waals surface area (Å²) in [7, 11) is 0. The number of benzene rings is 2. The first-order valence-electron chi connectivity index (χ1n) is 11.5. The lowest BCUT2D eigenvalue weighted by Crippen LogP contribution is -2.37. The number of fused-ring (bicyclic) bond motifs is 1. The Labute approximate surface area is 218 Å². The largest absolute Gasteiger partial charge is 0.462 e. The van der Waals surface area contributed by atoms with Crippen LogP contribution >= 0.6 is 24.0 Å². The SMILES string of the molecule is CCOC(=O)c1ccc(NC(=O)CN2C(=O)/C(=C3\SC(=S)N(C(C)CC)C3=O)c3ccccc32)cc1. The molecule has 0 bridgehead atoms. The molecule has 10 heteroatoms. The predicted octanol–water partition coefficient (Wildman–Crippen LogP) is 4.22. The van der Waals surface area contributed by atoms with E-state index in [1.54, 1.807) is 60.4 Å². The number of nitrogens with zero attached hydrogens (tertiary/aromatic N) is 2. The number of esters is 1. The molecule has 2 aliphatic heterocycles. The lowest BCUT2D eigenvalue weighted by atomic mass is 10.1. The summed E-state index contributed by atoms with van der Waals surface area (Å²) >= 11 is 6.56. The summed E-state index contributed by atoms with van der Waals surface area (Å²) in [5.41, 5.74) is 2.26. The van der Waals surface area contributed by atoms with Crippen molar-refractivity contribution in [2.24, 2.45) is 0 Å².